The minimum Gasteiger partial charge on any atom is -0.458 e. The van der Waals surface area contributed by atoms with Crippen LogP contribution in [-0.2, 0) is 20.9 Å². The molecule has 0 bridgehead atoms. The Labute approximate surface area is 193 Å². The van der Waals surface area contributed by atoms with Crippen LogP contribution in [-0.4, -0.2) is 35.5 Å². The number of anilines is 1. The van der Waals surface area contributed by atoms with Crippen LogP contribution in [0.3, 0.4) is 0 Å². The van der Waals surface area contributed by atoms with E-state index in [1.54, 1.807) is 0 Å². The second kappa shape index (κ2) is 10.2. The lowest BCUT2D eigenvalue weighted by atomic mass is 9.83. The van der Waals surface area contributed by atoms with Crippen LogP contribution in [0, 0.1) is 20.8 Å². The van der Waals surface area contributed by atoms with Crippen molar-refractivity contribution in [3.05, 3.63) is 64.7 Å². The topological polar surface area (TPSA) is 55.4 Å². The van der Waals surface area contributed by atoms with E-state index in [0.717, 1.165) is 54.0 Å². The molecule has 1 fully saturated rings. The highest BCUT2D eigenvalue weighted by Gasteiger charge is 2.64. The molecule has 0 spiro atoms. The highest BCUT2D eigenvalue weighted by molar-refractivity contribution is 7.79. The fraction of sp³-hybridized carbons (Fsp3) is 0.481. The summed E-state index contributed by atoms with van der Waals surface area (Å²) in [5.41, 5.74) is 5.28. The molecule has 1 aliphatic rings. The highest BCUT2D eigenvalue weighted by atomic mass is 31.2. The Morgan fingerprint density at radius 2 is 1.59 bits per heavy atom. The Morgan fingerprint density at radius 3 is 2.09 bits per heavy atom. The number of amides is 1. The van der Waals surface area contributed by atoms with E-state index in [1.165, 1.54) is 5.56 Å². The quantitative estimate of drug-likeness (QED) is 0.359. The first kappa shape index (κ1) is 24.5. The maximum Gasteiger partial charge on any atom is 0.344 e. The Hall–Kier alpha value is -2.19. The number of carbonyl (C=O) groups is 2. The number of hydrogen-bond donors (Lipinski definition) is 1. The summed E-state index contributed by atoms with van der Waals surface area (Å²) in [6.07, 6.45) is 4.91. The normalized spacial score (nSPS) is 15.0. The minimum atomic E-state index is -1.89. The monoisotopic (exact) mass is 454 g/mol. The zero-order valence-corrected chi connectivity index (χ0v) is 21.1. The van der Waals surface area contributed by atoms with Gasteiger partial charge in [-0.15, -0.1) is 0 Å². The van der Waals surface area contributed by atoms with Gasteiger partial charge in [0.1, 0.15) is 6.61 Å². The number of aryl methyl sites for hydroxylation is 3. The van der Waals surface area contributed by atoms with Crippen molar-refractivity contribution in [2.24, 2.45) is 0 Å². The molecular weight excluding hydrogens is 417 g/mol. The summed E-state index contributed by atoms with van der Waals surface area (Å²) in [7, 11) is -1.89. The lowest BCUT2D eigenvalue weighted by Gasteiger charge is -2.48. The minimum absolute atomic E-state index is 0.103. The van der Waals surface area contributed by atoms with Crippen LogP contribution >= 0.6 is 7.26 Å². The molecule has 0 saturated heterocycles. The average molecular weight is 455 g/mol. The van der Waals surface area contributed by atoms with Gasteiger partial charge in [0.25, 0.3) is 5.91 Å². The first-order valence-corrected chi connectivity index (χ1v) is 14.1. The second-order valence-electron chi connectivity index (χ2n) is 9.19. The number of benzene rings is 2. The molecule has 2 aromatic rings. The number of nitrogens with one attached hydrogen (secondary N) is 1. The number of hydrogen-bond acceptors (Lipinski definition) is 3. The van der Waals surface area contributed by atoms with Crippen molar-refractivity contribution in [2.75, 3.05) is 23.8 Å². The molecule has 1 aliphatic carbocycles. The zero-order valence-electron chi connectivity index (χ0n) is 20.2. The zero-order chi connectivity index (χ0) is 23.4. The third kappa shape index (κ3) is 4.76. The van der Waals surface area contributed by atoms with Gasteiger partial charge in [-0.2, -0.15) is 0 Å². The first-order chi connectivity index (χ1) is 15.3. The largest absolute Gasteiger partial charge is 0.458 e. The summed E-state index contributed by atoms with van der Waals surface area (Å²) in [6.45, 7) is 10.8. The molecule has 0 aliphatic heterocycles. The van der Waals surface area contributed by atoms with Crippen molar-refractivity contribution in [1.82, 2.24) is 0 Å². The summed E-state index contributed by atoms with van der Waals surface area (Å²) in [6, 6.07) is 14.0. The van der Waals surface area contributed by atoms with Gasteiger partial charge >= 0.3 is 5.97 Å². The Morgan fingerprint density at radius 1 is 1.00 bits per heavy atom. The summed E-state index contributed by atoms with van der Waals surface area (Å²) in [4.78, 5) is 26.7. The summed E-state index contributed by atoms with van der Waals surface area (Å²) >= 11 is 0. The standard InChI is InChI=1S/C27H36NO3P/c1-6-32(7-2,19-24(29)31-18-23-12-9-8-10-13-23)27(14-11-15-27)26(30)28-25-21(4)16-20(3)17-22(25)5/h8-10,12-13,16-17H,6-7,11,14-15,18-19H2,1-5H3/p+1. The van der Waals surface area contributed by atoms with Crippen LogP contribution in [0.25, 0.3) is 0 Å². The first-order valence-electron chi connectivity index (χ1n) is 11.7. The van der Waals surface area contributed by atoms with E-state index in [2.05, 4.69) is 38.2 Å². The lowest BCUT2D eigenvalue weighted by Crippen LogP contribution is -2.52. The van der Waals surface area contributed by atoms with Gasteiger partial charge in [0.15, 0.2) is 11.3 Å². The van der Waals surface area contributed by atoms with Gasteiger partial charge in [0.05, 0.1) is 12.3 Å². The highest BCUT2D eigenvalue weighted by Crippen LogP contribution is 2.74. The summed E-state index contributed by atoms with van der Waals surface area (Å²) in [5.74, 6) is -0.0700. The van der Waals surface area contributed by atoms with Crippen LogP contribution in [0.5, 0.6) is 0 Å². The Balaban J connectivity index is 1.80. The van der Waals surface area contributed by atoms with Crippen molar-refractivity contribution in [1.29, 1.82) is 0 Å². The second-order valence-corrected chi connectivity index (χ2v) is 13.9. The third-order valence-electron chi connectivity index (χ3n) is 7.31. The van der Waals surface area contributed by atoms with Crippen LogP contribution in [0.1, 0.15) is 55.4 Å². The van der Waals surface area contributed by atoms with Gasteiger partial charge in [-0.25, -0.2) is 4.79 Å². The lowest BCUT2D eigenvalue weighted by molar-refractivity contribution is -0.141. The van der Waals surface area contributed by atoms with Crippen molar-refractivity contribution in [3.8, 4) is 0 Å². The van der Waals surface area contributed by atoms with E-state index >= 15 is 0 Å². The van der Waals surface area contributed by atoms with E-state index in [-0.39, 0.29) is 18.5 Å². The number of esters is 1. The van der Waals surface area contributed by atoms with E-state index in [9.17, 15) is 9.59 Å². The van der Waals surface area contributed by atoms with Crippen LogP contribution in [0.4, 0.5) is 5.69 Å². The van der Waals surface area contributed by atoms with E-state index in [0.29, 0.717) is 6.16 Å². The molecule has 0 atom stereocenters. The third-order valence-corrected chi connectivity index (χ3v) is 13.1. The molecule has 0 radical (unpaired) electrons. The molecule has 1 saturated carbocycles. The molecule has 0 aromatic heterocycles. The van der Waals surface area contributed by atoms with Crippen molar-refractivity contribution in [2.45, 2.75) is 65.6 Å². The molecule has 0 heterocycles. The van der Waals surface area contributed by atoms with Crippen LogP contribution in [0.15, 0.2) is 42.5 Å². The van der Waals surface area contributed by atoms with Gasteiger partial charge in [0, 0.05) is 12.9 Å². The van der Waals surface area contributed by atoms with Gasteiger partial charge in [-0.05, 0) is 70.6 Å². The molecule has 4 nitrogen and oxygen atoms in total. The van der Waals surface area contributed by atoms with Gasteiger partial charge in [-0.3, -0.25) is 4.79 Å². The maximum absolute atomic E-state index is 13.8. The van der Waals surface area contributed by atoms with Gasteiger partial charge < -0.3 is 10.1 Å². The fourth-order valence-electron chi connectivity index (χ4n) is 5.27. The number of carbonyl (C=O) groups excluding carboxylic acids is 2. The molecule has 1 amide bonds. The smallest absolute Gasteiger partial charge is 0.344 e. The fourth-order valence-corrected chi connectivity index (χ4v) is 10.0. The molecule has 32 heavy (non-hydrogen) atoms. The van der Waals surface area contributed by atoms with Gasteiger partial charge in [-0.1, -0.05) is 48.0 Å². The molecule has 3 rings (SSSR count). The molecule has 1 N–H and O–H groups in total. The molecule has 2 aromatic carbocycles. The van der Waals surface area contributed by atoms with Crippen molar-refractivity contribution in [3.63, 3.8) is 0 Å². The molecule has 172 valence electrons. The maximum atomic E-state index is 13.8. The van der Waals surface area contributed by atoms with Crippen molar-refractivity contribution >= 4 is 24.8 Å². The SMILES string of the molecule is CC[P+](CC)(CC(=O)OCc1ccccc1)C1(C(=O)Nc2c(C)cc(C)cc2C)CCC1. The number of ether oxygens (including phenoxy) is 1. The van der Waals surface area contributed by atoms with E-state index in [4.69, 9.17) is 4.74 Å². The molecule has 0 unspecified atom stereocenters. The molecule has 5 heteroatoms. The van der Waals surface area contributed by atoms with Gasteiger partial charge in [0.2, 0.25) is 0 Å². The Kier molecular flexibility index (Phi) is 7.77. The van der Waals surface area contributed by atoms with E-state index < -0.39 is 12.4 Å². The Bertz CT molecular complexity index is 939. The predicted molar refractivity (Wildman–Crippen MR) is 135 cm³/mol. The summed E-state index contributed by atoms with van der Waals surface area (Å²) in [5, 5.41) is 2.87. The van der Waals surface area contributed by atoms with E-state index in [1.807, 2.05) is 44.2 Å². The van der Waals surface area contributed by atoms with Crippen molar-refractivity contribution < 1.29 is 14.3 Å². The summed E-state index contributed by atoms with van der Waals surface area (Å²) < 4.78 is 5.66. The average Bonchev–Trinajstić information content (AvgIpc) is 2.74. The van der Waals surface area contributed by atoms with Crippen LogP contribution < -0.4 is 5.32 Å². The predicted octanol–water partition coefficient (Wildman–Crippen LogP) is 6.27. The van der Waals surface area contributed by atoms with Crippen LogP contribution in [0.2, 0.25) is 0 Å². The molecular formula is C27H37NO3P+. The number of rotatable bonds is 9.